The zero-order chi connectivity index (χ0) is 14.8. The topological polar surface area (TPSA) is 75.2 Å². The Labute approximate surface area is 120 Å². The number of aromatic nitrogens is 2. The molecule has 1 aromatic heterocycles. The molecule has 0 amide bonds. The lowest BCUT2D eigenvalue weighted by molar-refractivity contribution is 0.600. The maximum Gasteiger partial charge on any atom is 0.152 e. The van der Waals surface area contributed by atoms with Crippen LogP contribution in [0.4, 0.5) is 11.6 Å². The first kappa shape index (κ1) is 15.0. The first-order valence-corrected chi connectivity index (χ1v) is 8.75. The molecule has 1 aliphatic heterocycles. The molecule has 0 spiro atoms. The van der Waals surface area contributed by atoms with Gasteiger partial charge in [-0.25, -0.2) is 18.4 Å². The highest BCUT2D eigenvalue weighted by Gasteiger charge is 2.32. The van der Waals surface area contributed by atoms with Crippen LogP contribution in [0.25, 0.3) is 0 Å². The van der Waals surface area contributed by atoms with Crippen LogP contribution < -0.4 is 10.2 Å². The van der Waals surface area contributed by atoms with Gasteiger partial charge in [0, 0.05) is 25.7 Å². The SMILES string of the molecule is CCCc1c(NC)ncnc1N(C)C1CCS(=O)(=O)C1. The predicted molar refractivity (Wildman–Crippen MR) is 81.0 cm³/mol. The van der Waals surface area contributed by atoms with Crippen molar-refractivity contribution < 1.29 is 8.42 Å². The van der Waals surface area contributed by atoms with Gasteiger partial charge in [0.05, 0.1) is 11.5 Å². The second-order valence-corrected chi connectivity index (χ2v) is 7.42. The molecule has 1 fully saturated rings. The zero-order valence-corrected chi connectivity index (χ0v) is 13.1. The molecular formula is C13H22N4O2S. The number of hydrogen-bond donors (Lipinski definition) is 1. The number of nitrogens with zero attached hydrogens (tertiary/aromatic N) is 3. The van der Waals surface area contributed by atoms with Crippen molar-refractivity contribution in [1.29, 1.82) is 0 Å². The summed E-state index contributed by atoms with van der Waals surface area (Å²) in [6.07, 6.45) is 4.06. The zero-order valence-electron chi connectivity index (χ0n) is 12.3. The van der Waals surface area contributed by atoms with E-state index < -0.39 is 9.84 Å². The molecule has 6 nitrogen and oxygen atoms in total. The van der Waals surface area contributed by atoms with Crippen LogP contribution in [0, 0.1) is 0 Å². The van der Waals surface area contributed by atoms with Gasteiger partial charge in [-0.05, 0) is 12.8 Å². The van der Waals surface area contributed by atoms with Gasteiger partial charge in [0.15, 0.2) is 9.84 Å². The van der Waals surface area contributed by atoms with E-state index in [0.29, 0.717) is 6.42 Å². The fourth-order valence-corrected chi connectivity index (χ4v) is 4.43. The van der Waals surface area contributed by atoms with Crippen LogP contribution in [-0.4, -0.2) is 50.0 Å². The van der Waals surface area contributed by atoms with Gasteiger partial charge < -0.3 is 10.2 Å². The number of rotatable bonds is 5. The van der Waals surface area contributed by atoms with Crippen molar-refractivity contribution in [2.24, 2.45) is 0 Å². The largest absolute Gasteiger partial charge is 0.373 e. The Bertz CT molecular complexity index is 574. The van der Waals surface area contributed by atoms with Crippen LogP contribution in [0.3, 0.4) is 0 Å². The smallest absolute Gasteiger partial charge is 0.152 e. The third-order valence-electron chi connectivity index (χ3n) is 3.75. The fraction of sp³-hybridized carbons (Fsp3) is 0.692. The average molecular weight is 298 g/mol. The lowest BCUT2D eigenvalue weighted by Crippen LogP contribution is -2.34. The summed E-state index contributed by atoms with van der Waals surface area (Å²) in [6, 6.07) is 0.00946. The molecule has 0 saturated carbocycles. The standard InChI is InChI=1S/C13H22N4O2S/c1-4-5-11-12(14-2)15-9-16-13(11)17(3)10-6-7-20(18,19)8-10/h9-10H,4-8H2,1-3H3,(H,14,15,16). The minimum absolute atomic E-state index is 0.00946. The second-order valence-electron chi connectivity index (χ2n) is 5.19. The molecular weight excluding hydrogens is 276 g/mol. The molecule has 1 N–H and O–H groups in total. The van der Waals surface area contributed by atoms with Crippen LogP contribution in [0.5, 0.6) is 0 Å². The van der Waals surface area contributed by atoms with Crippen LogP contribution in [-0.2, 0) is 16.3 Å². The normalized spacial score (nSPS) is 20.9. The summed E-state index contributed by atoms with van der Waals surface area (Å²) in [4.78, 5) is 10.6. The van der Waals surface area contributed by atoms with Crippen molar-refractivity contribution in [3.8, 4) is 0 Å². The molecule has 1 saturated heterocycles. The molecule has 7 heteroatoms. The highest BCUT2D eigenvalue weighted by Crippen LogP contribution is 2.28. The summed E-state index contributed by atoms with van der Waals surface area (Å²) in [7, 11) is 0.872. The highest BCUT2D eigenvalue weighted by atomic mass is 32.2. The Morgan fingerprint density at radius 1 is 1.45 bits per heavy atom. The first-order chi connectivity index (χ1) is 9.48. The van der Waals surface area contributed by atoms with E-state index in [1.807, 2.05) is 19.0 Å². The first-order valence-electron chi connectivity index (χ1n) is 6.93. The van der Waals surface area contributed by atoms with Gasteiger partial charge in [-0.2, -0.15) is 0 Å². The minimum atomic E-state index is -2.89. The van der Waals surface area contributed by atoms with E-state index >= 15 is 0 Å². The van der Waals surface area contributed by atoms with E-state index in [-0.39, 0.29) is 17.5 Å². The molecule has 0 bridgehead atoms. The molecule has 0 radical (unpaired) electrons. The predicted octanol–water partition coefficient (Wildman–Crippen LogP) is 1.09. The van der Waals surface area contributed by atoms with Crippen LogP contribution >= 0.6 is 0 Å². The Balaban J connectivity index is 2.32. The monoisotopic (exact) mass is 298 g/mol. The lowest BCUT2D eigenvalue weighted by atomic mass is 10.1. The lowest BCUT2D eigenvalue weighted by Gasteiger charge is -2.27. The van der Waals surface area contributed by atoms with Crippen molar-refractivity contribution in [3.63, 3.8) is 0 Å². The minimum Gasteiger partial charge on any atom is -0.373 e. The Morgan fingerprint density at radius 2 is 2.20 bits per heavy atom. The molecule has 1 unspecified atom stereocenters. The molecule has 1 atom stereocenters. The molecule has 0 aromatic carbocycles. The van der Waals surface area contributed by atoms with Crippen molar-refractivity contribution in [2.75, 3.05) is 35.8 Å². The van der Waals surface area contributed by atoms with Crippen LogP contribution in [0.15, 0.2) is 6.33 Å². The molecule has 1 aliphatic rings. The highest BCUT2D eigenvalue weighted by molar-refractivity contribution is 7.91. The van der Waals surface area contributed by atoms with Crippen molar-refractivity contribution in [2.45, 2.75) is 32.2 Å². The van der Waals surface area contributed by atoms with Gasteiger partial charge in [0.2, 0.25) is 0 Å². The van der Waals surface area contributed by atoms with Crippen LogP contribution in [0.1, 0.15) is 25.3 Å². The molecule has 0 aliphatic carbocycles. The summed E-state index contributed by atoms with van der Waals surface area (Å²) in [5.74, 6) is 2.15. The summed E-state index contributed by atoms with van der Waals surface area (Å²) >= 11 is 0. The third kappa shape index (κ3) is 3.03. The van der Waals surface area contributed by atoms with E-state index in [2.05, 4.69) is 22.2 Å². The fourth-order valence-electron chi connectivity index (χ4n) is 2.66. The van der Waals surface area contributed by atoms with Crippen molar-refractivity contribution >= 4 is 21.5 Å². The molecule has 2 heterocycles. The number of sulfone groups is 1. The van der Waals surface area contributed by atoms with Gasteiger partial charge in [-0.15, -0.1) is 0 Å². The van der Waals surface area contributed by atoms with Gasteiger partial charge in [0.1, 0.15) is 18.0 Å². The van der Waals surface area contributed by atoms with Gasteiger partial charge in [0.25, 0.3) is 0 Å². The summed E-state index contributed by atoms with van der Waals surface area (Å²) < 4.78 is 23.3. The summed E-state index contributed by atoms with van der Waals surface area (Å²) in [6.45, 7) is 2.11. The average Bonchev–Trinajstić information content (AvgIpc) is 2.79. The summed E-state index contributed by atoms with van der Waals surface area (Å²) in [5.41, 5.74) is 1.06. The van der Waals surface area contributed by atoms with Gasteiger partial charge in [-0.1, -0.05) is 13.3 Å². The molecule has 1 aromatic rings. The van der Waals surface area contributed by atoms with Crippen molar-refractivity contribution in [3.05, 3.63) is 11.9 Å². The number of nitrogens with one attached hydrogen (secondary N) is 1. The van der Waals surface area contributed by atoms with Gasteiger partial charge in [-0.3, -0.25) is 0 Å². The van der Waals surface area contributed by atoms with Crippen molar-refractivity contribution in [1.82, 2.24) is 9.97 Å². The maximum absolute atomic E-state index is 11.6. The molecule has 20 heavy (non-hydrogen) atoms. The second kappa shape index (κ2) is 5.95. The van der Waals surface area contributed by atoms with E-state index in [1.165, 1.54) is 6.33 Å². The number of anilines is 2. The third-order valence-corrected chi connectivity index (χ3v) is 5.50. The van der Waals surface area contributed by atoms with E-state index in [1.54, 1.807) is 0 Å². The quantitative estimate of drug-likeness (QED) is 0.877. The molecule has 2 rings (SSSR count). The van der Waals surface area contributed by atoms with E-state index in [0.717, 1.165) is 30.0 Å². The Hall–Kier alpha value is -1.37. The molecule has 112 valence electrons. The van der Waals surface area contributed by atoms with E-state index in [9.17, 15) is 8.42 Å². The van der Waals surface area contributed by atoms with Crippen LogP contribution in [0.2, 0.25) is 0 Å². The van der Waals surface area contributed by atoms with Gasteiger partial charge >= 0.3 is 0 Å². The summed E-state index contributed by atoms with van der Waals surface area (Å²) in [5, 5.41) is 3.09. The maximum atomic E-state index is 11.6. The Morgan fingerprint density at radius 3 is 2.75 bits per heavy atom. The number of hydrogen-bond acceptors (Lipinski definition) is 6. The Kier molecular flexibility index (Phi) is 4.47. The van der Waals surface area contributed by atoms with E-state index in [4.69, 9.17) is 0 Å².